The van der Waals surface area contributed by atoms with Crippen LogP contribution >= 0.6 is 0 Å². The van der Waals surface area contributed by atoms with Crippen molar-refractivity contribution in [2.45, 2.75) is 19.3 Å². The molecule has 0 radical (unpaired) electrons. The lowest BCUT2D eigenvalue weighted by Gasteiger charge is -2.22. The Morgan fingerprint density at radius 3 is 3.00 bits per heavy atom. The molecule has 0 aliphatic carbocycles. The van der Waals surface area contributed by atoms with Gasteiger partial charge in [-0.2, -0.15) is 0 Å². The second kappa shape index (κ2) is 5.47. The lowest BCUT2D eigenvalue weighted by Crippen LogP contribution is -2.31. The smallest absolute Gasteiger partial charge is 0.124 e. The van der Waals surface area contributed by atoms with Crippen LogP contribution in [-0.4, -0.2) is 24.5 Å². The molecule has 14 heavy (non-hydrogen) atoms. The Hall–Kier alpha value is -1.26. The van der Waals surface area contributed by atoms with E-state index in [-0.39, 0.29) is 0 Å². The Morgan fingerprint density at radius 2 is 2.36 bits per heavy atom. The number of rotatable bonds is 4. The van der Waals surface area contributed by atoms with Crippen molar-refractivity contribution >= 4 is 0 Å². The number of terminal acetylenes is 1. The van der Waals surface area contributed by atoms with E-state index in [9.17, 15) is 0 Å². The molecular formula is C13H17N. The summed E-state index contributed by atoms with van der Waals surface area (Å²) in [7, 11) is 1.29. The van der Waals surface area contributed by atoms with Crippen molar-refractivity contribution in [1.82, 2.24) is 4.90 Å². The van der Waals surface area contributed by atoms with E-state index >= 15 is 0 Å². The zero-order valence-electron chi connectivity index (χ0n) is 14.3. The van der Waals surface area contributed by atoms with E-state index in [4.69, 9.17) is 8.22 Å². The van der Waals surface area contributed by atoms with Gasteiger partial charge in [-0.1, -0.05) is 36.3 Å². The largest absolute Gasteiger partial charge is 0.292 e. The molecule has 0 aromatic heterocycles. The van der Waals surface area contributed by atoms with Gasteiger partial charge in [0.25, 0.3) is 0 Å². The number of nitrogens with zero attached hydrogens (tertiary/aromatic N) is 1. The van der Waals surface area contributed by atoms with Crippen molar-refractivity contribution in [3.05, 3.63) is 35.9 Å². The summed E-state index contributed by atoms with van der Waals surface area (Å²) in [5, 5.41) is 0. The van der Waals surface area contributed by atoms with E-state index in [1.54, 1.807) is 36.7 Å². The molecule has 0 heterocycles. The van der Waals surface area contributed by atoms with E-state index < -0.39 is 18.9 Å². The SMILES string of the molecule is [2H]C#CC([2H])([2H])N(C)[C@@]([2H])(C)C([2H])([2H])c1ccccc1. The van der Waals surface area contributed by atoms with Crippen LogP contribution < -0.4 is 0 Å². The van der Waals surface area contributed by atoms with Crippen LogP contribution in [0.15, 0.2) is 30.3 Å². The highest BCUT2D eigenvalue weighted by Gasteiger charge is 2.07. The van der Waals surface area contributed by atoms with E-state index in [0.717, 1.165) is 4.90 Å². The van der Waals surface area contributed by atoms with Crippen LogP contribution in [0.4, 0.5) is 0 Å². The zero-order valence-corrected chi connectivity index (χ0v) is 8.33. The standard InChI is InChI=1S/C13H17N/c1-4-10-14(3)12(2)11-13-8-6-5-7-9-13/h1,5-9,12H,10-11H2,2-3H3/t12-/m0/s1/i1D,10D2,11D2,12D. The highest BCUT2D eigenvalue weighted by atomic mass is 15.1. The van der Waals surface area contributed by atoms with Crippen LogP contribution in [0.3, 0.4) is 0 Å². The van der Waals surface area contributed by atoms with Gasteiger partial charge < -0.3 is 0 Å². The Balaban J connectivity index is 3.23. The minimum Gasteiger partial charge on any atom is -0.292 e. The minimum absolute atomic E-state index is 0.291. The van der Waals surface area contributed by atoms with Crippen molar-refractivity contribution in [2.24, 2.45) is 0 Å². The first-order valence-electron chi connectivity index (χ1n) is 7.31. The molecule has 0 unspecified atom stereocenters. The summed E-state index contributed by atoms with van der Waals surface area (Å²) < 4.78 is 46.9. The maximum absolute atomic E-state index is 8.29. The van der Waals surface area contributed by atoms with Gasteiger partial charge in [0.05, 0.1) is 9.24 Å². The van der Waals surface area contributed by atoms with Crippen LogP contribution in [0.5, 0.6) is 0 Å². The van der Waals surface area contributed by atoms with Crippen LogP contribution in [0.25, 0.3) is 0 Å². The molecule has 0 bridgehead atoms. The van der Waals surface area contributed by atoms with Crippen molar-refractivity contribution in [3.8, 4) is 12.3 Å². The summed E-state index contributed by atoms with van der Waals surface area (Å²) in [5.41, 5.74) is 0.291. The molecule has 0 saturated heterocycles. The molecule has 0 fully saturated rings. The molecule has 1 atom stereocenters. The molecule has 74 valence electrons. The van der Waals surface area contributed by atoms with Gasteiger partial charge in [0.2, 0.25) is 0 Å². The number of likely N-dealkylation sites (N-methyl/N-ethyl adjacent to an activating group) is 1. The van der Waals surface area contributed by atoms with Gasteiger partial charge in [0.1, 0.15) is 1.37 Å². The maximum Gasteiger partial charge on any atom is 0.124 e. The molecule has 0 aliphatic rings. The number of hydrogen-bond donors (Lipinski definition) is 0. The first kappa shape index (κ1) is 5.00. The van der Waals surface area contributed by atoms with Gasteiger partial charge in [0, 0.05) is 10.1 Å². The second-order valence-corrected chi connectivity index (χ2v) is 2.87. The highest BCUT2D eigenvalue weighted by Crippen LogP contribution is 2.06. The van der Waals surface area contributed by atoms with Gasteiger partial charge in [0.15, 0.2) is 0 Å². The Kier molecular flexibility index (Phi) is 1.95. The predicted octanol–water partition coefficient (Wildman–Crippen LogP) is 2.18. The Labute approximate surface area is 95.2 Å². The molecular weight excluding hydrogens is 170 g/mol. The van der Waals surface area contributed by atoms with Crippen molar-refractivity contribution in [1.29, 1.82) is 0 Å². The summed E-state index contributed by atoms with van der Waals surface area (Å²) in [6, 6.07) is 6.30. The van der Waals surface area contributed by atoms with Crippen LogP contribution in [0.2, 0.25) is 0 Å². The Morgan fingerprint density at radius 1 is 1.64 bits per heavy atom. The molecule has 0 aliphatic heterocycles. The summed E-state index contributed by atoms with van der Waals surface area (Å²) in [6.45, 7) is -0.968. The lowest BCUT2D eigenvalue weighted by atomic mass is 10.1. The molecule has 0 N–H and O–H groups in total. The van der Waals surface area contributed by atoms with Crippen LogP contribution in [0.1, 0.15) is 20.7 Å². The highest BCUT2D eigenvalue weighted by molar-refractivity contribution is 5.15. The maximum atomic E-state index is 8.29. The van der Waals surface area contributed by atoms with Gasteiger partial charge >= 0.3 is 0 Å². The average molecular weight is 193 g/mol. The second-order valence-electron chi connectivity index (χ2n) is 2.87. The quantitative estimate of drug-likeness (QED) is 0.663. The van der Waals surface area contributed by atoms with E-state index in [0.29, 0.717) is 5.56 Å². The summed E-state index contributed by atoms with van der Waals surface area (Å²) in [4.78, 5) is 0.897. The van der Waals surface area contributed by atoms with Gasteiger partial charge in [-0.15, -0.1) is 6.40 Å². The van der Waals surface area contributed by atoms with Crippen molar-refractivity contribution < 1.29 is 8.22 Å². The third kappa shape index (κ3) is 3.24. The third-order valence-electron chi connectivity index (χ3n) is 1.83. The molecule has 0 amide bonds. The van der Waals surface area contributed by atoms with E-state index in [1.165, 1.54) is 14.0 Å². The molecule has 0 saturated carbocycles. The fraction of sp³-hybridized carbons (Fsp3) is 0.385. The van der Waals surface area contributed by atoms with E-state index in [1.807, 2.05) is 5.92 Å². The molecule has 1 nitrogen and oxygen atoms in total. The molecule has 1 heteroatoms. The number of hydrogen-bond acceptors (Lipinski definition) is 1. The van der Waals surface area contributed by atoms with Crippen molar-refractivity contribution in [3.63, 3.8) is 0 Å². The van der Waals surface area contributed by atoms with E-state index in [2.05, 4.69) is 0 Å². The summed E-state index contributed by atoms with van der Waals surface area (Å²) in [5.74, 6) is 2.04. The fourth-order valence-corrected chi connectivity index (χ4v) is 0.982. The first-order valence-corrected chi connectivity index (χ1v) is 4.31. The summed E-state index contributed by atoms with van der Waals surface area (Å²) >= 11 is 0. The minimum atomic E-state index is -2.26. The van der Waals surface area contributed by atoms with Crippen LogP contribution in [0, 0.1) is 12.3 Å². The third-order valence-corrected chi connectivity index (χ3v) is 1.83. The molecule has 1 aromatic carbocycles. The lowest BCUT2D eigenvalue weighted by molar-refractivity contribution is 0.287. The zero-order chi connectivity index (χ0) is 15.6. The van der Waals surface area contributed by atoms with Crippen LogP contribution in [-0.2, 0) is 6.37 Å². The van der Waals surface area contributed by atoms with Gasteiger partial charge in [-0.3, -0.25) is 4.90 Å². The molecule has 0 spiro atoms. The first-order chi connectivity index (χ1) is 9.07. The molecule has 1 rings (SSSR count). The summed E-state index contributed by atoms with van der Waals surface area (Å²) in [6.07, 6.45) is -0.381. The average Bonchev–Trinajstić information content (AvgIpc) is 2.38. The van der Waals surface area contributed by atoms with Gasteiger partial charge in [-0.25, -0.2) is 0 Å². The Bertz CT molecular complexity index is 515. The fourth-order valence-electron chi connectivity index (χ4n) is 0.982. The van der Waals surface area contributed by atoms with Crippen molar-refractivity contribution in [2.75, 3.05) is 13.5 Å². The normalized spacial score (nSPS) is 22.5. The topological polar surface area (TPSA) is 3.24 Å². The predicted molar refractivity (Wildman–Crippen MR) is 61.1 cm³/mol. The molecule has 1 aromatic rings. The number of benzene rings is 1. The monoisotopic (exact) mass is 193 g/mol. The van der Waals surface area contributed by atoms with Gasteiger partial charge in [-0.05, 0) is 25.9 Å².